The molecule has 0 radical (unpaired) electrons. The maximum atomic E-state index is 12.6. The van der Waals surface area contributed by atoms with Crippen molar-refractivity contribution in [3.63, 3.8) is 0 Å². The van der Waals surface area contributed by atoms with Crippen LogP contribution < -0.4 is 9.62 Å². The first-order valence-electron chi connectivity index (χ1n) is 7.17. The number of carbonyl (C=O) groups excluding carboxylic acids is 1. The standard InChI is InChI=1S/C15H13N5O3S/c1-20-14-5-3-11(6-9(14)7-15(20)21)24(22,23)18-10-2-4-12-13(8-10)17-19-16-12/h2-6,8,18H,7H2,1H3,(H,16,17,19). The summed E-state index contributed by atoms with van der Waals surface area (Å²) in [6.07, 6.45) is 0.208. The average molecular weight is 343 g/mol. The third-order valence-electron chi connectivity index (χ3n) is 4.01. The SMILES string of the molecule is CN1C(=O)Cc2cc(S(=O)(=O)Nc3ccc4n[nH]nc4c3)ccc21. The number of sulfonamides is 1. The number of hydrogen-bond donors (Lipinski definition) is 2. The number of benzene rings is 2. The summed E-state index contributed by atoms with van der Waals surface area (Å²) in [6.45, 7) is 0. The van der Waals surface area contributed by atoms with E-state index < -0.39 is 10.0 Å². The topological polar surface area (TPSA) is 108 Å². The van der Waals surface area contributed by atoms with E-state index in [4.69, 9.17) is 0 Å². The van der Waals surface area contributed by atoms with Crippen LogP contribution in [0.25, 0.3) is 11.0 Å². The lowest BCUT2D eigenvalue weighted by atomic mass is 10.2. The molecule has 9 heteroatoms. The number of hydrogen-bond acceptors (Lipinski definition) is 5. The van der Waals surface area contributed by atoms with Crippen LogP contribution in [0.1, 0.15) is 5.56 Å². The third kappa shape index (κ3) is 2.29. The third-order valence-corrected chi connectivity index (χ3v) is 5.39. The van der Waals surface area contributed by atoms with Gasteiger partial charge in [0.2, 0.25) is 5.91 Å². The molecule has 0 saturated carbocycles. The number of rotatable bonds is 3. The van der Waals surface area contributed by atoms with Crippen LogP contribution in [0.3, 0.4) is 0 Å². The molecule has 24 heavy (non-hydrogen) atoms. The second kappa shape index (κ2) is 5.03. The molecule has 0 unspecified atom stereocenters. The normalized spacial score (nSPS) is 14.2. The number of H-pyrrole nitrogens is 1. The number of fused-ring (bicyclic) bond motifs is 2. The Bertz CT molecular complexity index is 1070. The van der Waals surface area contributed by atoms with Gasteiger partial charge in [0.05, 0.1) is 17.0 Å². The summed E-state index contributed by atoms with van der Waals surface area (Å²) in [5, 5.41) is 10.3. The molecule has 0 atom stereocenters. The van der Waals surface area contributed by atoms with Crippen molar-refractivity contribution in [3.05, 3.63) is 42.0 Å². The van der Waals surface area contributed by atoms with E-state index in [0.717, 1.165) is 5.69 Å². The Morgan fingerprint density at radius 1 is 1.12 bits per heavy atom. The fourth-order valence-electron chi connectivity index (χ4n) is 2.73. The molecular weight excluding hydrogens is 330 g/mol. The van der Waals surface area contributed by atoms with E-state index in [1.54, 1.807) is 31.3 Å². The van der Waals surface area contributed by atoms with Crippen LogP contribution in [-0.2, 0) is 21.2 Å². The molecule has 0 bridgehead atoms. The van der Waals surface area contributed by atoms with Gasteiger partial charge < -0.3 is 4.90 Å². The Kier molecular flexibility index (Phi) is 3.07. The van der Waals surface area contributed by atoms with Gasteiger partial charge in [-0.1, -0.05) is 0 Å². The molecule has 1 amide bonds. The van der Waals surface area contributed by atoms with E-state index in [1.165, 1.54) is 17.0 Å². The maximum absolute atomic E-state index is 12.6. The molecule has 2 heterocycles. The number of carbonyl (C=O) groups is 1. The van der Waals surface area contributed by atoms with Crippen molar-refractivity contribution in [1.82, 2.24) is 15.4 Å². The number of anilines is 2. The highest BCUT2D eigenvalue weighted by Crippen LogP contribution is 2.30. The summed E-state index contributed by atoms with van der Waals surface area (Å²) < 4.78 is 27.7. The highest BCUT2D eigenvalue weighted by molar-refractivity contribution is 7.92. The van der Waals surface area contributed by atoms with Gasteiger partial charge in [0.1, 0.15) is 11.0 Å². The molecule has 4 rings (SSSR count). The first-order valence-corrected chi connectivity index (χ1v) is 8.65. The number of likely N-dealkylation sites (N-methyl/N-ethyl adjacent to an activating group) is 1. The quantitative estimate of drug-likeness (QED) is 0.745. The number of amides is 1. The van der Waals surface area contributed by atoms with E-state index in [-0.39, 0.29) is 17.2 Å². The van der Waals surface area contributed by atoms with Crippen molar-refractivity contribution in [2.45, 2.75) is 11.3 Å². The van der Waals surface area contributed by atoms with Gasteiger partial charge in [0.25, 0.3) is 10.0 Å². The van der Waals surface area contributed by atoms with Crippen molar-refractivity contribution in [1.29, 1.82) is 0 Å². The maximum Gasteiger partial charge on any atom is 0.261 e. The van der Waals surface area contributed by atoms with E-state index in [0.29, 0.717) is 22.3 Å². The molecule has 1 aliphatic heterocycles. The number of aromatic nitrogens is 3. The number of nitrogens with zero attached hydrogens (tertiary/aromatic N) is 3. The van der Waals surface area contributed by atoms with Gasteiger partial charge in [-0.05, 0) is 42.0 Å². The zero-order valence-corrected chi connectivity index (χ0v) is 13.5. The summed E-state index contributed by atoms with van der Waals surface area (Å²) in [7, 11) is -2.09. The summed E-state index contributed by atoms with van der Waals surface area (Å²) >= 11 is 0. The van der Waals surface area contributed by atoms with Crippen LogP contribution in [-0.4, -0.2) is 36.8 Å². The summed E-state index contributed by atoms with van der Waals surface area (Å²) in [5.74, 6) is -0.0519. The smallest absolute Gasteiger partial charge is 0.261 e. The molecule has 1 aliphatic rings. The van der Waals surface area contributed by atoms with Gasteiger partial charge >= 0.3 is 0 Å². The highest BCUT2D eigenvalue weighted by Gasteiger charge is 2.26. The van der Waals surface area contributed by atoms with Crippen molar-refractivity contribution in [2.24, 2.45) is 0 Å². The van der Waals surface area contributed by atoms with Crippen molar-refractivity contribution >= 4 is 38.3 Å². The van der Waals surface area contributed by atoms with Crippen LogP contribution in [0, 0.1) is 0 Å². The molecule has 0 saturated heterocycles. The molecule has 0 aliphatic carbocycles. The van der Waals surface area contributed by atoms with Crippen LogP contribution in [0.4, 0.5) is 11.4 Å². The molecule has 3 aromatic rings. The van der Waals surface area contributed by atoms with E-state index in [9.17, 15) is 13.2 Å². The average Bonchev–Trinajstić information content (AvgIpc) is 3.11. The lowest BCUT2D eigenvalue weighted by Crippen LogP contribution is -2.20. The minimum Gasteiger partial charge on any atom is -0.315 e. The van der Waals surface area contributed by atoms with Crippen molar-refractivity contribution in [2.75, 3.05) is 16.7 Å². The fourth-order valence-corrected chi connectivity index (χ4v) is 3.83. The van der Waals surface area contributed by atoms with Gasteiger partial charge in [-0.15, -0.1) is 0 Å². The molecule has 0 spiro atoms. The van der Waals surface area contributed by atoms with Gasteiger partial charge in [-0.2, -0.15) is 15.4 Å². The highest BCUT2D eigenvalue weighted by atomic mass is 32.2. The summed E-state index contributed by atoms with van der Waals surface area (Å²) in [4.78, 5) is 13.4. The largest absolute Gasteiger partial charge is 0.315 e. The molecule has 122 valence electrons. The molecule has 1 aromatic heterocycles. The van der Waals surface area contributed by atoms with Crippen LogP contribution in [0.2, 0.25) is 0 Å². The zero-order chi connectivity index (χ0) is 16.9. The molecule has 2 N–H and O–H groups in total. The molecular formula is C15H13N5O3S. The predicted molar refractivity (Wildman–Crippen MR) is 88.3 cm³/mol. The minimum absolute atomic E-state index is 0.0519. The summed E-state index contributed by atoms with van der Waals surface area (Å²) in [5.41, 5.74) is 3.05. The fraction of sp³-hybridized carbons (Fsp3) is 0.133. The van der Waals surface area contributed by atoms with Gasteiger partial charge in [-0.3, -0.25) is 9.52 Å². The second-order valence-electron chi connectivity index (χ2n) is 5.55. The van der Waals surface area contributed by atoms with E-state index in [2.05, 4.69) is 20.1 Å². The Labute approximate surface area is 137 Å². The van der Waals surface area contributed by atoms with Gasteiger partial charge in [0, 0.05) is 12.7 Å². The number of aromatic amines is 1. The van der Waals surface area contributed by atoms with Gasteiger partial charge in [-0.25, -0.2) is 8.42 Å². The Balaban J connectivity index is 1.68. The number of nitrogens with one attached hydrogen (secondary N) is 2. The second-order valence-corrected chi connectivity index (χ2v) is 7.24. The Morgan fingerprint density at radius 3 is 2.75 bits per heavy atom. The van der Waals surface area contributed by atoms with Crippen LogP contribution >= 0.6 is 0 Å². The van der Waals surface area contributed by atoms with E-state index >= 15 is 0 Å². The first-order chi connectivity index (χ1) is 11.4. The predicted octanol–water partition coefficient (Wildman–Crippen LogP) is 1.28. The monoisotopic (exact) mass is 343 g/mol. The van der Waals surface area contributed by atoms with E-state index in [1.807, 2.05) is 0 Å². The molecule has 8 nitrogen and oxygen atoms in total. The lowest BCUT2D eigenvalue weighted by molar-refractivity contribution is -0.117. The van der Waals surface area contributed by atoms with Crippen LogP contribution in [0.5, 0.6) is 0 Å². The van der Waals surface area contributed by atoms with Crippen molar-refractivity contribution in [3.8, 4) is 0 Å². The minimum atomic E-state index is -3.76. The van der Waals surface area contributed by atoms with Gasteiger partial charge in [0.15, 0.2) is 0 Å². The lowest BCUT2D eigenvalue weighted by Gasteiger charge is -2.12. The summed E-state index contributed by atoms with van der Waals surface area (Å²) in [6, 6.07) is 9.56. The van der Waals surface area contributed by atoms with Crippen LogP contribution in [0.15, 0.2) is 41.3 Å². The Morgan fingerprint density at radius 2 is 1.92 bits per heavy atom. The molecule has 2 aromatic carbocycles. The van der Waals surface area contributed by atoms with Crippen molar-refractivity contribution < 1.29 is 13.2 Å². The first kappa shape index (κ1) is 14.6. The molecule has 0 fully saturated rings. The Hall–Kier alpha value is -2.94. The zero-order valence-electron chi connectivity index (χ0n) is 12.6.